The van der Waals surface area contributed by atoms with Gasteiger partial charge in [-0.3, -0.25) is 4.79 Å². The van der Waals surface area contributed by atoms with Gasteiger partial charge in [0.15, 0.2) is 0 Å². The van der Waals surface area contributed by atoms with E-state index in [9.17, 15) is 9.18 Å². The quantitative estimate of drug-likeness (QED) is 0.790. The highest BCUT2D eigenvalue weighted by Gasteiger charge is 2.15. The van der Waals surface area contributed by atoms with Gasteiger partial charge in [-0.05, 0) is 48.9 Å². The number of aromatic nitrogens is 3. The smallest absolute Gasteiger partial charge is 0.291 e. The first kappa shape index (κ1) is 16.1. The highest BCUT2D eigenvalue weighted by atomic mass is 35.5. The molecule has 0 saturated heterocycles. The average molecular weight is 345 g/mol. The molecule has 3 rings (SSSR count). The summed E-state index contributed by atoms with van der Waals surface area (Å²) in [6, 6.07) is 13.0. The molecule has 2 aromatic carbocycles. The summed E-state index contributed by atoms with van der Waals surface area (Å²) < 4.78 is 14.4. The number of amides is 1. The summed E-state index contributed by atoms with van der Waals surface area (Å²) in [4.78, 5) is 16.4. The summed E-state index contributed by atoms with van der Waals surface area (Å²) in [5.41, 5.74) is 1.56. The Morgan fingerprint density at radius 3 is 2.50 bits per heavy atom. The molecule has 0 aliphatic carbocycles. The minimum absolute atomic E-state index is 0.0737. The molecular weight excluding hydrogens is 331 g/mol. The van der Waals surface area contributed by atoms with Crippen molar-refractivity contribution < 1.29 is 9.18 Å². The Morgan fingerprint density at radius 1 is 1.17 bits per heavy atom. The van der Waals surface area contributed by atoms with Gasteiger partial charge in [-0.1, -0.05) is 23.7 Å². The zero-order valence-electron chi connectivity index (χ0n) is 12.8. The summed E-state index contributed by atoms with van der Waals surface area (Å²) in [5.74, 6) is -0.0481. The fourth-order valence-corrected chi connectivity index (χ4v) is 2.30. The van der Waals surface area contributed by atoms with Crippen molar-refractivity contribution in [3.8, 4) is 5.69 Å². The Kier molecular flexibility index (Phi) is 4.57. The second-order valence-electron chi connectivity index (χ2n) is 5.18. The minimum atomic E-state index is -0.393. The maximum absolute atomic E-state index is 12.9. The molecule has 0 unspecified atom stereocenters. The summed E-state index contributed by atoms with van der Waals surface area (Å²) in [7, 11) is 0. The maximum Gasteiger partial charge on any atom is 0.291 e. The van der Waals surface area contributed by atoms with Crippen LogP contribution in [0.5, 0.6) is 0 Å². The van der Waals surface area contributed by atoms with Crippen molar-refractivity contribution in [2.75, 3.05) is 0 Å². The highest BCUT2D eigenvalue weighted by Crippen LogP contribution is 2.14. The molecule has 0 radical (unpaired) electrons. The Bertz CT molecular complexity index is 859. The topological polar surface area (TPSA) is 59.8 Å². The second-order valence-corrected chi connectivity index (χ2v) is 5.62. The monoisotopic (exact) mass is 344 g/mol. The largest absolute Gasteiger partial charge is 0.345 e. The van der Waals surface area contributed by atoms with Crippen molar-refractivity contribution in [2.24, 2.45) is 0 Å². The van der Waals surface area contributed by atoms with E-state index in [-0.39, 0.29) is 18.2 Å². The maximum atomic E-state index is 12.9. The third-order valence-electron chi connectivity index (χ3n) is 3.41. The lowest BCUT2D eigenvalue weighted by molar-refractivity contribution is 0.0940. The molecule has 0 saturated carbocycles. The average Bonchev–Trinajstić information content (AvgIpc) is 2.97. The lowest BCUT2D eigenvalue weighted by Gasteiger charge is -2.03. The summed E-state index contributed by atoms with van der Waals surface area (Å²) in [6.07, 6.45) is 0. The Balaban J connectivity index is 1.72. The molecule has 0 aliphatic heterocycles. The normalized spacial score (nSPS) is 10.6. The third-order valence-corrected chi connectivity index (χ3v) is 3.66. The summed E-state index contributed by atoms with van der Waals surface area (Å²) in [6.45, 7) is 2.03. The van der Waals surface area contributed by atoms with Gasteiger partial charge in [-0.25, -0.2) is 14.1 Å². The van der Waals surface area contributed by atoms with E-state index in [1.54, 1.807) is 48.0 Å². The molecule has 0 bridgehead atoms. The second kappa shape index (κ2) is 6.80. The van der Waals surface area contributed by atoms with E-state index >= 15 is 0 Å². The van der Waals surface area contributed by atoms with Crippen LogP contribution < -0.4 is 5.32 Å². The van der Waals surface area contributed by atoms with Crippen LogP contribution in [0.3, 0.4) is 0 Å². The van der Waals surface area contributed by atoms with Gasteiger partial charge in [0.1, 0.15) is 11.6 Å². The molecule has 3 aromatic rings. The Labute approximate surface area is 143 Å². The van der Waals surface area contributed by atoms with E-state index in [0.29, 0.717) is 10.8 Å². The SMILES string of the molecule is Cc1nc(C(=O)NCc2ccc(F)cc2)nn1-c1ccc(Cl)cc1. The van der Waals surface area contributed by atoms with Crippen LogP contribution in [0.1, 0.15) is 22.0 Å². The van der Waals surface area contributed by atoms with Crippen LogP contribution >= 0.6 is 11.6 Å². The molecule has 1 aromatic heterocycles. The number of halogens is 2. The van der Waals surface area contributed by atoms with Gasteiger partial charge in [0.05, 0.1) is 5.69 Å². The molecule has 24 heavy (non-hydrogen) atoms. The van der Waals surface area contributed by atoms with Gasteiger partial charge >= 0.3 is 0 Å². The van der Waals surface area contributed by atoms with Crippen molar-refractivity contribution >= 4 is 17.5 Å². The van der Waals surface area contributed by atoms with Crippen LogP contribution in [0.15, 0.2) is 48.5 Å². The van der Waals surface area contributed by atoms with Crippen molar-refractivity contribution in [3.63, 3.8) is 0 Å². The Morgan fingerprint density at radius 2 is 1.83 bits per heavy atom. The minimum Gasteiger partial charge on any atom is -0.345 e. The molecule has 122 valence electrons. The van der Waals surface area contributed by atoms with Gasteiger partial charge in [0, 0.05) is 11.6 Å². The van der Waals surface area contributed by atoms with E-state index < -0.39 is 5.91 Å². The number of nitrogens with one attached hydrogen (secondary N) is 1. The van der Waals surface area contributed by atoms with Crippen molar-refractivity contribution in [2.45, 2.75) is 13.5 Å². The molecule has 0 aliphatic rings. The number of hydrogen-bond acceptors (Lipinski definition) is 3. The number of benzene rings is 2. The molecular formula is C17H14ClFN4O. The molecule has 0 atom stereocenters. The number of carbonyl (C=O) groups excluding carboxylic acids is 1. The van der Waals surface area contributed by atoms with Crippen molar-refractivity contribution in [3.05, 3.63) is 76.6 Å². The molecule has 1 N–H and O–H groups in total. The van der Waals surface area contributed by atoms with Gasteiger partial charge < -0.3 is 5.32 Å². The number of nitrogens with zero attached hydrogens (tertiary/aromatic N) is 3. The van der Waals surface area contributed by atoms with E-state index in [2.05, 4.69) is 15.4 Å². The van der Waals surface area contributed by atoms with E-state index in [4.69, 9.17) is 11.6 Å². The zero-order valence-corrected chi connectivity index (χ0v) is 13.6. The van der Waals surface area contributed by atoms with Crippen molar-refractivity contribution in [1.82, 2.24) is 20.1 Å². The van der Waals surface area contributed by atoms with Gasteiger partial charge in [0.25, 0.3) is 5.91 Å². The molecule has 1 heterocycles. The Hall–Kier alpha value is -2.73. The first-order chi connectivity index (χ1) is 11.5. The zero-order chi connectivity index (χ0) is 17.1. The highest BCUT2D eigenvalue weighted by molar-refractivity contribution is 6.30. The van der Waals surface area contributed by atoms with Crippen molar-refractivity contribution in [1.29, 1.82) is 0 Å². The molecule has 7 heteroatoms. The fraction of sp³-hybridized carbons (Fsp3) is 0.118. The van der Waals surface area contributed by atoms with E-state index in [0.717, 1.165) is 11.3 Å². The molecule has 1 amide bonds. The van der Waals surface area contributed by atoms with E-state index in [1.807, 2.05) is 0 Å². The van der Waals surface area contributed by atoms with Crippen LogP contribution in [0.25, 0.3) is 5.69 Å². The predicted octanol–water partition coefficient (Wildman–Crippen LogP) is 3.30. The third kappa shape index (κ3) is 3.60. The lowest BCUT2D eigenvalue weighted by Crippen LogP contribution is -2.24. The molecule has 5 nitrogen and oxygen atoms in total. The summed E-state index contributed by atoms with van der Waals surface area (Å²) >= 11 is 5.87. The van der Waals surface area contributed by atoms with Crippen LogP contribution in [-0.2, 0) is 6.54 Å². The summed E-state index contributed by atoms with van der Waals surface area (Å²) in [5, 5.41) is 7.56. The van der Waals surface area contributed by atoms with Crippen LogP contribution in [0.2, 0.25) is 5.02 Å². The van der Waals surface area contributed by atoms with Crippen LogP contribution in [-0.4, -0.2) is 20.7 Å². The number of rotatable bonds is 4. The van der Waals surface area contributed by atoms with Gasteiger partial charge in [-0.15, -0.1) is 5.10 Å². The first-order valence-corrected chi connectivity index (χ1v) is 7.63. The lowest BCUT2D eigenvalue weighted by atomic mass is 10.2. The first-order valence-electron chi connectivity index (χ1n) is 7.25. The van der Waals surface area contributed by atoms with Crippen LogP contribution in [0, 0.1) is 12.7 Å². The molecule has 0 spiro atoms. The molecule has 0 fully saturated rings. The number of hydrogen-bond donors (Lipinski definition) is 1. The van der Waals surface area contributed by atoms with Crippen LogP contribution in [0.4, 0.5) is 4.39 Å². The standard InChI is InChI=1S/C17H14ClFN4O/c1-11-21-16(22-23(11)15-8-4-13(18)5-9-15)17(24)20-10-12-2-6-14(19)7-3-12/h2-9H,10H2,1H3,(H,20,24). The fourth-order valence-electron chi connectivity index (χ4n) is 2.18. The van der Waals surface area contributed by atoms with Gasteiger partial charge in [-0.2, -0.15) is 0 Å². The van der Waals surface area contributed by atoms with E-state index in [1.165, 1.54) is 12.1 Å². The number of aryl methyl sites for hydroxylation is 1. The predicted molar refractivity (Wildman–Crippen MR) is 88.7 cm³/mol. The van der Waals surface area contributed by atoms with Gasteiger partial charge in [0.2, 0.25) is 5.82 Å². The number of carbonyl (C=O) groups is 1.